The number of benzene rings is 1. The SMILES string of the molecule is Cc1ccc(Br)c(NC(=O)NC(C)CC(=O)O)c1. The second-order valence-corrected chi connectivity index (χ2v) is 4.94. The summed E-state index contributed by atoms with van der Waals surface area (Å²) in [7, 11) is 0. The quantitative estimate of drug-likeness (QED) is 0.799. The van der Waals surface area contributed by atoms with Gasteiger partial charge in [0.15, 0.2) is 0 Å². The maximum absolute atomic E-state index is 11.6. The van der Waals surface area contributed by atoms with Gasteiger partial charge in [0.1, 0.15) is 0 Å². The average Bonchev–Trinajstić information content (AvgIpc) is 2.21. The number of aliphatic carboxylic acids is 1. The second kappa shape index (κ2) is 6.39. The van der Waals surface area contributed by atoms with Gasteiger partial charge >= 0.3 is 12.0 Å². The van der Waals surface area contributed by atoms with Crippen LogP contribution in [-0.2, 0) is 4.79 Å². The van der Waals surface area contributed by atoms with E-state index in [1.807, 2.05) is 25.1 Å². The van der Waals surface area contributed by atoms with Gasteiger partial charge in [-0.05, 0) is 47.5 Å². The Hall–Kier alpha value is -1.56. The summed E-state index contributed by atoms with van der Waals surface area (Å²) in [5, 5.41) is 13.8. The smallest absolute Gasteiger partial charge is 0.319 e. The summed E-state index contributed by atoms with van der Waals surface area (Å²) >= 11 is 3.33. The molecule has 0 aliphatic rings. The van der Waals surface area contributed by atoms with Crippen LogP contribution in [0.4, 0.5) is 10.5 Å². The number of carbonyl (C=O) groups is 2. The third-order valence-electron chi connectivity index (χ3n) is 2.23. The van der Waals surface area contributed by atoms with Crippen molar-refractivity contribution in [3.8, 4) is 0 Å². The number of hydrogen-bond donors (Lipinski definition) is 3. The summed E-state index contributed by atoms with van der Waals surface area (Å²) in [6, 6.07) is 4.73. The van der Waals surface area contributed by atoms with Gasteiger partial charge in [0.05, 0.1) is 12.1 Å². The van der Waals surface area contributed by atoms with Crippen LogP contribution in [-0.4, -0.2) is 23.1 Å². The Morgan fingerprint density at radius 1 is 1.44 bits per heavy atom. The van der Waals surface area contributed by atoms with Crippen molar-refractivity contribution in [1.82, 2.24) is 5.32 Å². The molecule has 0 aliphatic carbocycles. The zero-order valence-corrected chi connectivity index (χ0v) is 11.7. The van der Waals surface area contributed by atoms with Crippen molar-refractivity contribution in [3.05, 3.63) is 28.2 Å². The van der Waals surface area contributed by atoms with Crippen molar-refractivity contribution in [2.24, 2.45) is 0 Å². The lowest BCUT2D eigenvalue weighted by Crippen LogP contribution is -2.37. The molecule has 1 aromatic carbocycles. The molecule has 0 fully saturated rings. The molecule has 5 nitrogen and oxygen atoms in total. The molecule has 2 amide bonds. The standard InChI is InChI=1S/C12H15BrN2O3/c1-7-3-4-9(13)10(5-7)15-12(18)14-8(2)6-11(16)17/h3-5,8H,6H2,1-2H3,(H,16,17)(H2,14,15,18). The van der Waals surface area contributed by atoms with Crippen LogP contribution in [0, 0.1) is 6.92 Å². The second-order valence-electron chi connectivity index (χ2n) is 4.08. The number of halogens is 1. The Morgan fingerprint density at radius 2 is 2.11 bits per heavy atom. The van der Waals surface area contributed by atoms with Gasteiger partial charge in [-0.25, -0.2) is 4.79 Å². The first kappa shape index (κ1) is 14.5. The highest BCUT2D eigenvalue weighted by Gasteiger charge is 2.11. The fraction of sp³-hybridized carbons (Fsp3) is 0.333. The Labute approximate surface area is 114 Å². The van der Waals surface area contributed by atoms with Crippen LogP contribution in [0.3, 0.4) is 0 Å². The number of hydrogen-bond acceptors (Lipinski definition) is 2. The van der Waals surface area contributed by atoms with Crippen molar-refractivity contribution in [2.45, 2.75) is 26.3 Å². The van der Waals surface area contributed by atoms with Crippen LogP contribution < -0.4 is 10.6 Å². The molecule has 1 aromatic rings. The molecule has 0 saturated carbocycles. The van der Waals surface area contributed by atoms with Gasteiger partial charge in [-0.1, -0.05) is 6.07 Å². The lowest BCUT2D eigenvalue weighted by atomic mass is 10.2. The van der Waals surface area contributed by atoms with E-state index in [-0.39, 0.29) is 6.42 Å². The molecule has 0 aromatic heterocycles. The third-order valence-corrected chi connectivity index (χ3v) is 2.92. The van der Waals surface area contributed by atoms with E-state index in [9.17, 15) is 9.59 Å². The van der Waals surface area contributed by atoms with Crippen LogP contribution in [0.2, 0.25) is 0 Å². The molecule has 1 atom stereocenters. The Morgan fingerprint density at radius 3 is 2.72 bits per heavy atom. The number of carbonyl (C=O) groups excluding carboxylic acids is 1. The Kier molecular flexibility index (Phi) is 5.15. The number of rotatable bonds is 4. The highest BCUT2D eigenvalue weighted by atomic mass is 79.9. The summed E-state index contributed by atoms with van der Waals surface area (Å²) in [5.74, 6) is -0.945. The van der Waals surface area contributed by atoms with Gasteiger partial charge in [-0.3, -0.25) is 4.79 Å². The monoisotopic (exact) mass is 314 g/mol. The zero-order valence-electron chi connectivity index (χ0n) is 10.2. The van der Waals surface area contributed by atoms with Crippen LogP contribution >= 0.6 is 15.9 Å². The van der Waals surface area contributed by atoms with Crippen molar-refractivity contribution >= 4 is 33.6 Å². The maximum Gasteiger partial charge on any atom is 0.319 e. The molecule has 0 spiro atoms. The van der Waals surface area contributed by atoms with Gasteiger partial charge in [-0.15, -0.1) is 0 Å². The largest absolute Gasteiger partial charge is 0.481 e. The Bertz CT molecular complexity index is 463. The van der Waals surface area contributed by atoms with E-state index in [0.29, 0.717) is 5.69 Å². The lowest BCUT2D eigenvalue weighted by molar-refractivity contribution is -0.137. The number of aryl methyl sites for hydroxylation is 1. The fourth-order valence-electron chi connectivity index (χ4n) is 1.43. The van der Waals surface area contributed by atoms with E-state index >= 15 is 0 Å². The number of urea groups is 1. The maximum atomic E-state index is 11.6. The first-order valence-electron chi connectivity index (χ1n) is 5.44. The lowest BCUT2D eigenvalue weighted by Gasteiger charge is -2.13. The van der Waals surface area contributed by atoms with Crippen molar-refractivity contribution in [1.29, 1.82) is 0 Å². The number of amides is 2. The number of carboxylic acids is 1. The Balaban J connectivity index is 2.59. The third kappa shape index (κ3) is 4.75. The molecular formula is C12H15BrN2O3. The van der Waals surface area contributed by atoms with Crippen molar-refractivity contribution in [2.75, 3.05) is 5.32 Å². The molecular weight excluding hydrogens is 300 g/mol. The van der Waals surface area contributed by atoms with E-state index in [1.54, 1.807) is 6.92 Å². The summed E-state index contributed by atoms with van der Waals surface area (Å²) < 4.78 is 0.772. The highest BCUT2D eigenvalue weighted by molar-refractivity contribution is 9.10. The highest BCUT2D eigenvalue weighted by Crippen LogP contribution is 2.23. The summed E-state index contributed by atoms with van der Waals surface area (Å²) in [6.45, 7) is 3.56. The summed E-state index contributed by atoms with van der Waals surface area (Å²) in [4.78, 5) is 22.1. The normalized spacial score (nSPS) is 11.7. The molecule has 0 radical (unpaired) electrons. The number of carboxylic acid groups (broad SMARTS) is 1. The first-order valence-corrected chi connectivity index (χ1v) is 6.23. The van der Waals surface area contributed by atoms with Crippen LogP contribution in [0.15, 0.2) is 22.7 Å². The van der Waals surface area contributed by atoms with E-state index < -0.39 is 18.0 Å². The topological polar surface area (TPSA) is 78.4 Å². The number of anilines is 1. The van der Waals surface area contributed by atoms with Gasteiger partial charge < -0.3 is 15.7 Å². The molecule has 6 heteroatoms. The first-order chi connectivity index (χ1) is 8.38. The van der Waals surface area contributed by atoms with Crippen LogP contribution in [0.5, 0.6) is 0 Å². The molecule has 0 aliphatic heterocycles. The average molecular weight is 315 g/mol. The predicted molar refractivity (Wildman–Crippen MR) is 72.7 cm³/mol. The molecule has 0 saturated heterocycles. The molecule has 1 rings (SSSR count). The molecule has 18 heavy (non-hydrogen) atoms. The zero-order chi connectivity index (χ0) is 13.7. The molecule has 98 valence electrons. The molecule has 3 N–H and O–H groups in total. The molecule has 0 heterocycles. The minimum Gasteiger partial charge on any atom is -0.481 e. The van der Waals surface area contributed by atoms with Crippen LogP contribution in [0.1, 0.15) is 18.9 Å². The van der Waals surface area contributed by atoms with E-state index in [1.165, 1.54) is 0 Å². The molecule has 1 unspecified atom stereocenters. The van der Waals surface area contributed by atoms with Crippen molar-refractivity contribution < 1.29 is 14.7 Å². The van der Waals surface area contributed by atoms with Gasteiger partial charge in [0.2, 0.25) is 0 Å². The van der Waals surface area contributed by atoms with E-state index in [2.05, 4.69) is 26.6 Å². The summed E-state index contributed by atoms with van der Waals surface area (Å²) in [6.07, 6.45) is -0.109. The van der Waals surface area contributed by atoms with Crippen LogP contribution in [0.25, 0.3) is 0 Å². The van der Waals surface area contributed by atoms with Crippen molar-refractivity contribution in [3.63, 3.8) is 0 Å². The minimum absolute atomic E-state index is 0.109. The van der Waals surface area contributed by atoms with E-state index in [4.69, 9.17) is 5.11 Å². The van der Waals surface area contributed by atoms with Gasteiger partial charge in [0, 0.05) is 10.5 Å². The molecule has 0 bridgehead atoms. The van der Waals surface area contributed by atoms with E-state index in [0.717, 1.165) is 10.0 Å². The summed E-state index contributed by atoms with van der Waals surface area (Å²) in [5.41, 5.74) is 1.67. The van der Waals surface area contributed by atoms with Gasteiger partial charge in [0.25, 0.3) is 0 Å². The van der Waals surface area contributed by atoms with Gasteiger partial charge in [-0.2, -0.15) is 0 Å². The number of nitrogens with one attached hydrogen (secondary N) is 2. The predicted octanol–water partition coefficient (Wildman–Crippen LogP) is 2.74. The minimum atomic E-state index is -0.945. The fourth-order valence-corrected chi connectivity index (χ4v) is 1.78.